The van der Waals surface area contributed by atoms with Crippen LogP contribution in [-0.2, 0) is 16.4 Å². The molecule has 0 atom stereocenters. The average molecular weight is 397 g/mol. The van der Waals surface area contributed by atoms with Gasteiger partial charge in [-0.15, -0.1) is 10.2 Å². The van der Waals surface area contributed by atoms with Crippen LogP contribution in [0.2, 0.25) is 0 Å². The maximum absolute atomic E-state index is 12.6. The Labute approximate surface area is 158 Å². The molecule has 0 saturated carbocycles. The standard InChI is InChI=1S/C17H24N4O3S2/c1-4-7-11-15-19-20-17(25-15)18-16(22)13-9-8-10-14(12-13)26(23,24)21(5-2)6-3/h8-10,12H,4-7,11H2,1-3H3,(H,18,20,22). The van der Waals surface area contributed by atoms with Gasteiger partial charge in [-0.05, 0) is 24.6 Å². The van der Waals surface area contributed by atoms with Crippen LogP contribution in [0.4, 0.5) is 5.13 Å². The van der Waals surface area contributed by atoms with Crippen LogP contribution in [0.1, 0.15) is 49.0 Å². The number of benzene rings is 1. The van der Waals surface area contributed by atoms with Crippen molar-refractivity contribution < 1.29 is 13.2 Å². The molecule has 0 spiro atoms. The first-order valence-corrected chi connectivity index (χ1v) is 10.9. The molecule has 2 rings (SSSR count). The van der Waals surface area contributed by atoms with Gasteiger partial charge in [0.05, 0.1) is 4.90 Å². The van der Waals surface area contributed by atoms with Crippen LogP contribution < -0.4 is 5.32 Å². The van der Waals surface area contributed by atoms with Crippen LogP contribution in [-0.4, -0.2) is 41.9 Å². The number of aromatic nitrogens is 2. The van der Waals surface area contributed by atoms with E-state index in [-0.39, 0.29) is 10.5 Å². The second kappa shape index (κ2) is 9.20. The number of hydrogen-bond acceptors (Lipinski definition) is 6. The minimum absolute atomic E-state index is 0.106. The molecule has 1 aromatic heterocycles. The minimum Gasteiger partial charge on any atom is -0.296 e. The zero-order valence-corrected chi connectivity index (χ0v) is 16.9. The Morgan fingerprint density at radius 1 is 1.19 bits per heavy atom. The second-order valence-corrected chi connectivity index (χ2v) is 8.68. The summed E-state index contributed by atoms with van der Waals surface area (Å²) < 4.78 is 26.6. The molecule has 2 aromatic rings. The number of nitrogens with one attached hydrogen (secondary N) is 1. The first kappa shape index (κ1) is 20.5. The average Bonchev–Trinajstić information content (AvgIpc) is 3.08. The lowest BCUT2D eigenvalue weighted by molar-refractivity contribution is 0.102. The summed E-state index contributed by atoms with van der Waals surface area (Å²) in [5.41, 5.74) is 0.267. The van der Waals surface area contributed by atoms with Crippen LogP contribution in [0.25, 0.3) is 0 Å². The maximum atomic E-state index is 12.6. The van der Waals surface area contributed by atoms with Crippen molar-refractivity contribution in [2.75, 3.05) is 18.4 Å². The second-order valence-electron chi connectivity index (χ2n) is 5.68. The first-order chi connectivity index (χ1) is 12.4. The Hall–Kier alpha value is -1.84. The van der Waals surface area contributed by atoms with E-state index in [4.69, 9.17) is 0 Å². The molecule has 1 aromatic carbocycles. The van der Waals surface area contributed by atoms with Gasteiger partial charge in [0.2, 0.25) is 15.2 Å². The summed E-state index contributed by atoms with van der Waals surface area (Å²) in [6.07, 6.45) is 2.92. The number of nitrogens with zero attached hydrogens (tertiary/aromatic N) is 3. The van der Waals surface area contributed by atoms with E-state index in [1.54, 1.807) is 26.0 Å². The largest absolute Gasteiger partial charge is 0.296 e. The molecule has 1 heterocycles. The highest BCUT2D eigenvalue weighted by Crippen LogP contribution is 2.20. The lowest BCUT2D eigenvalue weighted by Gasteiger charge is -2.18. The summed E-state index contributed by atoms with van der Waals surface area (Å²) in [6, 6.07) is 6.04. The van der Waals surface area contributed by atoms with Crippen molar-refractivity contribution in [3.63, 3.8) is 0 Å². The number of aryl methyl sites for hydroxylation is 1. The molecular weight excluding hydrogens is 372 g/mol. The number of carbonyl (C=O) groups is 1. The van der Waals surface area contributed by atoms with Gasteiger partial charge in [-0.1, -0.05) is 44.6 Å². The van der Waals surface area contributed by atoms with Crippen LogP contribution in [0.3, 0.4) is 0 Å². The molecule has 0 saturated heterocycles. The van der Waals surface area contributed by atoms with Gasteiger partial charge in [0.1, 0.15) is 5.01 Å². The van der Waals surface area contributed by atoms with Crippen LogP contribution >= 0.6 is 11.3 Å². The smallest absolute Gasteiger partial charge is 0.257 e. The van der Waals surface area contributed by atoms with Gasteiger partial charge in [-0.3, -0.25) is 10.1 Å². The number of unbranched alkanes of at least 4 members (excludes halogenated alkanes) is 1. The highest BCUT2D eigenvalue weighted by molar-refractivity contribution is 7.89. The van der Waals surface area contributed by atoms with Crippen molar-refractivity contribution in [3.8, 4) is 0 Å². The molecule has 9 heteroatoms. The fourth-order valence-electron chi connectivity index (χ4n) is 2.41. The fraction of sp³-hybridized carbons (Fsp3) is 0.471. The Balaban J connectivity index is 2.16. The topological polar surface area (TPSA) is 92.3 Å². The molecule has 26 heavy (non-hydrogen) atoms. The quantitative estimate of drug-likeness (QED) is 0.703. The molecule has 1 N–H and O–H groups in total. The zero-order valence-electron chi connectivity index (χ0n) is 15.2. The summed E-state index contributed by atoms with van der Waals surface area (Å²) in [5, 5.41) is 12.0. The van der Waals surface area contributed by atoms with E-state index in [1.165, 1.54) is 27.8 Å². The Morgan fingerprint density at radius 2 is 1.92 bits per heavy atom. The Morgan fingerprint density at radius 3 is 2.58 bits per heavy atom. The van der Waals surface area contributed by atoms with Crippen molar-refractivity contribution in [2.45, 2.75) is 44.9 Å². The summed E-state index contributed by atoms with van der Waals surface area (Å²) in [5.74, 6) is -0.403. The number of sulfonamides is 1. The minimum atomic E-state index is -3.61. The van der Waals surface area contributed by atoms with Gasteiger partial charge in [0.25, 0.3) is 5.91 Å². The molecule has 1 amide bonds. The van der Waals surface area contributed by atoms with Crippen LogP contribution in [0.5, 0.6) is 0 Å². The third kappa shape index (κ3) is 4.87. The molecule has 7 nitrogen and oxygen atoms in total. The van der Waals surface area contributed by atoms with E-state index in [9.17, 15) is 13.2 Å². The van der Waals surface area contributed by atoms with E-state index in [0.29, 0.717) is 18.2 Å². The number of rotatable bonds is 9. The van der Waals surface area contributed by atoms with E-state index in [0.717, 1.165) is 24.3 Å². The van der Waals surface area contributed by atoms with Crippen LogP contribution in [0, 0.1) is 0 Å². The third-order valence-corrected chi connectivity index (χ3v) is 6.82. The van der Waals surface area contributed by atoms with Crippen molar-refractivity contribution in [2.24, 2.45) is 0 Å². The maximum Gasteiger partial charge on any atom is 0.257 e. The molecule has 0 unspecified atom stereocenters. The summed E-state index contributed by atoms with van der Waals surface area (Å²) in [6.45, 7) is 6.41. The van der Waals surface area contributed by atoms with E-state index in [2.05, 4.69) is 22.4 Å². The first-order valence-electron chi connectivity index (χ1n) is 8.66. The highest BCUT2D eigenvalue weighted by atomic mass is 32.2. The molecule has 142 valence electrons. The van der Waals surface area contributed by atoms with Gasteiger partial charge >= 0.3 is 0 Å². The van der Waals surface area contributed by atoms with Gasteiger partial charge < -0.3 is 0 Å². The lowest BCUT2D eigenvalue weighted by Crippen LogP contribution is -2.30. The molecule has 0 aliphatic rings. The number of hydrogen-bond donors (Lipinski definition) is 1. The zero-order chi connectivity index (χ0) is 19.2. The fourth-order valence-corrected chi connectivity index (χ4v) is 4.69. The highest BCUT2D eigenvalue weighted by Gasteiger charge is 2.22. The summed E-state index contributed by atoms with van der Waals surface area (Å²) >= 11 is 1.34. The third-order valence-electron chi connectivity index (χ3n) is 3.87. The molecule has 0 fully saturated rings. The van der Waals surface area contributed by atoms with Crippen molar-refractivity contribution in [1.82, 2.24) is 14.5 Å². The molecular formula is C17H24N4O3S2. The predicted octanol–water partition coefficient (Wildman–Crippen LogP) is 3.16. The Bertz CT molecular complexity index is 845. The van der Waals surface area contributed by atoms with Gasteiger partial charge in [-0.25, -0.2) is 8.42 Å². The number of carbonyl (C=O) groups excluding carboxylic acids is 1. The van der Waals surface area contributed by atoms with Crippen LogP contribution in [0.15, 0.2) is 29.2 Å². The normalized spacial score (nSPS) is 11.7. The van der Waals surface area contributed by atoms with Crippen molar-refractivity contribution in [3.05, 3.63) is 34.8 Å². The number of amides is 1. The van der Waals surface area contributed by atoms with Crippen molar-refractivity contribution >= 4 is 32.4 Å². The lowest BCUT2D eigenvalue weighted by atomic mass is 10.2. The van der Waals surface area contributed by atoms with Gasteiger partial charge in [0.15, 0.2) is 0 Å². The Kier molecular flexibility index (Phi) is 7.24. The SMILES string of the molecule is CCCCc1nnc(NC(=O)c2cccc(S(=O)(=O)N(CC)CC)c2)s1. The summed E-state index contributed by atoms with van der Waals surface area (Å²) in [7, 11) is -3.61. The van der Waals surface area contributed by atoms with E-state index in [1.807, 2.05) is 0 Å². The molecule has 0 aliphatic heterocycles. The molecule has 0 aliphatic carbocycles. The molecule has 0 bridgehead atoms. The number of anilines is 1. The van der Waals surface area contributed by atoms with E-state index >= 15 is 0 Å². The van der Waals surface area contributed by atoms with Crippen molar-refractivity contribution in [1.29, 1.82) is 0 Å². The summed E-state index contributed by atoms with van der Waals surface area (Å²) in [4.78, 5) is 12.6. The van der Waals surface area contributed by atoms with Gasteiger partial charge in [0, 0.05) is 25.1 Å². The predicted molar refractivity (Wildman–Crippen MR) is 103 cm³/mol. The van der Waals surface area contributed by atoms with E-state index < -0.39 is 15.9 Å². The monoisotopic (exact) mass is 396 g/mol. The van der Waals surface area contributed by atoms with Gasteiger partial charge in [-0.2, -0.15) is 4.31 Å². The molecule has 0 radical (unpaired) electrons.